The Labute approximate surface area is 116 Å². The average molecular weight is 282 g/mol. The van der Waals surface area contributed by atoms with Crippen LogP contribution in [0.4, 0.5) is 5.69 Å². The maximum Gasteiger partial charge on any atom is 0.176 e. The van der Waals surface area contributed by atoms with E-state index in [0.29, 0.717) is 9.90 Å². The fraction of sp³-hybridized carbons (Fsp3) is 0.357. The minimum absolute atomic E-state index is 0.0242. The van der Waals surface area contributed by atoms with Gasteiger partial charge in [-0.25, -0.2) is 0 Å². The van der Waals surface area contributed by atoms with Crippen LogP contribution in [0, 0.1) is 5.92 Å². The van der Waals surface area contributed by atoms with Crippen LogP contribution in [0.25, 0.3) is 10.1 Å². The standard InChI is InChI=1S/C14H16ClNOS/c1-8(2)13(17)14-12(15)10-6-5-9(16(3)4)7-11(10)18-14/h5-8H,1-4H3. The van der Waals surface area contributed by atoms with Crippen molar-refractivity contribution in [2.75, 3.05) is 19.0 Å². The van der Waals surface area contributed by atoms with E-state index < -0.39 is 0 Å². The lowest BCUT2D eigenvalue weighted by atomic mass is 10.1. The van der Waals surface area contributed by atoms with Crippen LogP contribution < -0.4 is 4.90 Å². The second kappa shape index (κ2) is 4.90. The Morgan fingerprint density at radius 1 is 1.33 bits per heavy atom. The zero-order chi connectivity index (χ0) is 13.4. The highest BCUT2D eigenvalue weighted by Gasteiger charge is 2.19. The van der Waals surface area contributed by atoms with Crippen LogP contribution in [0.15, 0.2) is 18.2 Å². The lowest BCUT2D eigenvalue weighted by Gasteiger charge is -2.11. The van der Waals surface area contributed by atoms with Gasteiger partial charge in [0, 0.05) is 35.8 Å². The van der Waals surface area contributed by atoms with Gasteiger partial charge in [0.1, 0.15) is 0 Å². The molecule has 0 fully saturated rings. The van der Waals surface area contributed by atoms with E-state index in [-0.39, 0.29) is 11.7 Å². The molecule has 1 aromatic carbocycles. The Kier molecular flexibility index (Phi) is 3.64. The van der Waals surface area contributed by atoms with Gasteiger partial charge in [0.2, 0.25) is 0 Å². The van der Waals surface area contributed by atoms with Crippen molar-refractivity contribution in [3.8, 4) is 0 Å². The van der Waals surface area contributed by atoms with Crippen LogP contribution in [0.1, 0.15) is 23.5 Å². The predicted octanol–water partition coefficient (Wildman–Crippen LogP) is 4.46. The monoisotopic (exact) mass is 281 g/mol. The smallest absolute Gasteiger partial charge is 0.176 e. The van der Waals surface area contributed by atoms with E-state index in [1.54, 1.807) is 0 Å². The van der Waals surface area contributed by atoms with Gasteiger partial charge in [-0.2, -0.15) is 0 Å². The molecule has 0 bridgehead atoms. The lowest BCUT2D eigenvalue weighted by Crippen LogP contribution is -2.07. The molecule has 0 spiro atoms. The van der Waals surface area contributed by atoms with Crippen molar-refractivity contribution in [1.82, 2.24) is 0 Å². The highest BCUT2D eigenvalue weighted by atomic mass is 35.5. The summed E-state index contributed by atoms with van der Waals surface area (Å²) in [4.78, 5) is 14.8. The first-order chi connectivity index (χ1) is 8.41. The van der Waals surface area contributed by atoms with Gasteiger partial charge in [-0.05, 0) is 18.2 Å². The molecule has 0 aliphatic carbocycles. The molecule has 2 rings (SSSR count). The highest BCUT2D eigenvalue weighted by Crippen LogP contribution is 2.38. The first-order valence-corrected chi connectivity index (χ1v) is 7.05. The van der Waals surface area contributed by atoms with Crippen molar-refractivity contribution in [3.05, 3.63) is 28.1 Å². The molecule has 0 amide bonds. The zero-order valence-electron chi connectivity index (χ0n) is 11.0. The Morgan fingerprint density at radius 2 is 2.00 bits per heavy atom. The summed E-state index contributed by atoms with van der Waals surface area (Å²) in [6.45, 7) is 3.79. The molecule has 1 aromatic heterocycles. The highest BCUT2D eigenvalue weighted by molar-refractivity contribution is 7.21. The number of thiophene rings is 1. The molecular formula is C14H16ClNOS. The van der Waals surface area contributed by atoms with E-state index in [1.165, 1.54) is 11.3 Å². The SMILES string of the molecule is CC(C)C(=O)c1sc2cc(N(C)C)ccc2c1Cl. The van der Waals surface area contributed by atoms with E-state index >= 15 is 0 Å². The molecule has 0 aliphatic heterocycles. The molecule has 1 heterocycles. The fourth-order valence-corrected chi connectivity index (χ4v) is 3.40. The molecule has 2 nitrogen and oxygen atoms in total. The summed E-state index contributed by atoms with van der Waals surface area (Å²) in [6.07, 6.45) is 0. The number of carbonyl (C=O) groups excluding carboxylic acids is 1. The van der Waals surface area contributed by atoms with Gasteiger partial charge in [0.15, 0.2) is 5.78 Å². The molecule has 0 atom stereocenters. The molecule has 0 N–H and O–H groups in total. The number of fused-ring (bicyclic) bond motifs is 1. The zero-order valence-corrected chi connectivity index (χ0v) is 12.5. The second-order valence-corrected chi connectivity index (χ2v) is 6.27. The number of carbonyl (C=O) groups is 1. The summed E-state index contributed by atoms with van der Waals surface area (Å²) in [7, 11) is 3.99. The van der Waals surface area contributed by atoms with Crippen molar-refractivity contribution >= 4 is 44.5 Å². The van der Waals surface area contributed by atoms with Gasteiger partial charge in [-0.15, -0.1) is 11.3 Å². The summed E-state index contributed by atoms with van der Waals surface area (Å²) in [5.74, 6) is 0.0940. The van der Waals surface area contributed by atoms with Crippen molar-refractivity contribution in [3.63, 3.8) is 0 Å². The van der Waals surface area contributed by atoms with Gasteiger partial charge in [-0.1, -0.05) is 25.4 Å². The van der Waals surface area contributed by atoms with E-state index in [2.05, 4.69) is 6.07 Å². The molecule has 0 saturated heterocycles. The van der Waals surface area contributed by atoms with Crippen molar-refractivity contribution in [1.29, 1.82) is 0 Å². The molecule has 0 unspecified atom stereocenters. The largest absolute Gasteiger partial charge is 0.378 e. The number of halogens is 1. The lowest BCUT2D eigenvalue weighted by molar-refractivity contribution is 0.0943. The number of ketones is 1. The third kappa shape index (κ3) is 2.25. The molecule has 18 heavy (non-hydrogen) atoms. The Hall–Kier alpha value is -1.06. The minimum Gasteiger partial charge on any atom is -0.378 e. The summed E-state index contributed by atoms with van der Waals surface area (Å²) in [5, 5.41) is 1.57. The number of Topliss-reactive ketones (excluding diaryl/α,β-unsaturated/α-hetero) is 1. The van der Waals surface area contributed by atoms with Crippen LogP contribution in [0.3, 0.4) is 0 Å². The maximum absolute atomic E-state index is 12.1. The summed E-state index contributed by atoms with van der Waals surface area (Å²) in [6, 6.07) is 6.08. The summed E-state index contributed by atoms with van der Waals surface area (Å²) >= 11 is 7.79. The van der Waals surface area contributed by atoms with Crippen LogP contribution >= 0.6 is 22.9 Å². The number of benzene rings is 1. The average Bonchev–Trinajstić information content (AvgIpc) is 2.65. The normalized spacial score (nSPS) is 11.2. The topological polar surface area (TPSA) is 20.3 Å². The number of rotatable bonds is 3. The van der Waals surface area contributed by atoms with Gasteiger partial charge >= 0.3 is 0 Å². The number of hydrogen-bond donors (Lipinski definition) is 0. The van der Waals surface area contributed by atoms with E-state index in [9.17, 15) is 4.79 Å². The van der Waals surface area contributed by atoms with Crippen molar-refractivity contribution < 1.29 is 4.79 Å². The van der Waals surface area contributed by atoms with Crippen molar-refractivity contribution in [2.45, 2.75) is 13.8 Å². The summed E-state index contributed by atoms with van der Waals surface area (Å²) in [5.41, 5.74) is 1.11. The fourth-order valence-electron chi connectivity index (χ4n) is 1.75. The molecular weight excluding hydrogens is 266 g/mol. The second-order valence-electron chi connectivity index (χ2n) is 4.84. The van der Waals surface area contributed by atoms with E-state index in [0.717, 1.165) is 15.8 Å². The van der Waals surface area contributed by atoms with Crippen LogP contribution in [-0.2, 0) is 0 Å². The first-order valence-electron chi connectivity index (χ1n) is 5.85. The van der Waals surface area contributed by atoms with Gasteiger partial charge < -0.3 is 4.90 Å². The summed E-state index contributed by atoms with van der Waals surface area (Å²) < 4.78 is 1.07. The molecule has 0 aliphatic rings. The first kappa shape index (κ1) is 13.4. The third-order valence-corrected chi connectivity index (χ3v) is 4.55. The van der Waals surface area contributed by atoms with Gasteiger partial charge in [-0.3, -0.25) is 4.79 Å². The Balaban J connectivity index is 2.59. The van der Waals surface area contributed by atoms with Crippen LogP contribution in [0.5, 0.6) is 0 Å². The Morgan fingerprint density at radius 3 is 2.56 bits per heavy atom. The third-order valence-electron chi connectivity index (χ3n) is 2.88. The molecule has 4 heteroatoms. The molecule has 0 radical (unpaired) electrons. The van der Waals surface area contributed by atoms with E-state index in [1.807, 2.05) is 45.0 Å². The van der Waals surface area contributed by atoms with Gasteiger partial charge in [0.25, 0.3) is 0 Å². The molecule has 0 saturated carbocycles. The quantitative estimate of drug-likeness (QED) is 0.774. The number of hydrogen-bond acceptors (Lipinski definition) is 3. The molecule has 96 valence electrons. The minimum atomic E-state index is -0.0242. The Bertz CT molecular complexity index is 601. The maximum atomic E-state index is 12.1. The van der Waals surface area contributed by atoms with Crippen LogP contribution in [0.2, 0.25) is 5.02 Å². The number of anilines is 1. The van der Waals surface area contributed by atoms with Crippen LogP contribution in [-0.4, -0.2) is 19.9 Å². The number of nitrogens with zero attached hydrogens (tertiary/aromatic N) is 1. The van der Waals surface area contributed by atoms with E-state index in [4.69, 9.17) is 11.6 Å². The van der Waals surface area contributed by atoms with Gasteiger partial charge in [0.05, 0.1) is 9.90 Å². The van der Waals surface area contributed by atoms with Crippen molar-refractivity contribution in [2.24, 2.45) is 5.92 Å². The molecule has 2 aromatic rings. The predicted molar refractivity (Wildman–Crippen MR) is 80.3 cm³/mol.